The second-order valence-electron chi connectivity index (χ2n) is 7.19. The molecule has 2 aromatic carbocycles. The molecule has 1 N–H and O–H groups in total. The standard InChI is InChI=1S/C21H24ClNO3/c1-21(13-15-3-6-18(22)7-4-15)14-17-11-16(5-8-19(17)26-21)12-20(25)23(2)9-10-24/h3-8,11,24H,9-10,12-14H2,1-2H3. The first-order valence-electron chi connectivity index (χ1n) is 8.79. The number of carbonyl (C=O) groups is 1. The molecule has 0 fully saturated rings. The van der Waals surface area contributed by atoms with Gasteiger partial charge in [-0.2, -0.15) is 0 Å². The van der Waals surface area contributed by atoms with E-state index in [0.29, 0.717) is 13.0 Å². The second-order valence-corrected chi connectivity index (χ2v) is 7.63. The lowest BCUT2D eigenvalue weighted by Gasteiger charge is -2.24. The number of likely N-dealkylation sites (N-methyl/N-ethyl adjacent to an activating group) is 1. The summed E-state index contributed by atoms with van der Waals surface area (Å²) in [7, 11) is 1.71. The molecule has 1 amide bonds. The van der Waals surface area contributed by atoms with E-state index in [1.54, 1.807) is 11.9 Å². The molecule has 0 spiro atoms. The van der Waals surface area contributed by atoms with Gasteiger partial charge in [-0.1, -0.05) is 35.9 Å². The molecule has 26 heavy (non-hydrogen) atoms. The van der Waals surface area contributed by atoms with Crippen molar-refractivity contribution in [3.63, 3.8) is 0 Å². The minimum Gasteiger partial charge on any atom is -0.487 e. The Balaban J connectivity index is 1.68. The van der Waals surface area contributed by atoms with Gasteiger partial charge in [-0.25, -0.2) is 0 Å². The largest absolute Gasteiger partial charge is 0.487 e. The Morgan fingerprint density at radius 3 is 2.62 bits per heavy atom. The van der Waals surface area contributed by atoms with Gasteiger partial charge < -0.3 is 14.7 Å². The van der Waals surface area contributed by atoms with E-state index in [-0.39, 0.29) is 18.1 Å². The van der Waals surface area contributed by atoms with Gasteiger partial charge in [0.25, 0.3) is 0 Å². The van der Waals surface area contributed by atoms with E-state index in [9.17, 15) is 4.79 Å². The van der Waals surface area contributed by atoms with Crippen LogP contribution >= 0.6 is 11.6 Å². The van der Waals surface area contributed by atoms with Crippen LogP contribution in [0.3, 0.4) is 0 Å². The molecule has 1 unspecified atom stereocenters. The van der Waals surface area contributed by atoms with Crippen molar-refractivity contribution >= 4 is 17.5 Å². The number of ether oxygens (including phenoxy) is 1. The van der Waals surface area contributed by atoms with Crippen molar-refractivity contribution in [2.24, 2.45) is 0 Å². The zero-order valence-corrected chi connectivity index (χ0v) is 15.9. The third kappa shape index (κ3) is 4.37. The molecule has 1 heterocycles. The summed E-state index contributed by atoms with van der Waals surface area (Å²) in [5.74, 6) is 0.892. The van der Waals surface area contributed by atoms with E-state index in [4.69, 9.17) is 21.4 Å². The Hall–Kier alpha value is -2.04. The van der Waals surface area contributed by atoms with Gasteiger partial charge in [0.15, 0.2) is 0 Å². The van der Waals surface area contributed by atoms with Crippen molar-refractivity contribution < 1.29 is 14.6 Å². The van der Waals surface area contributed by atoms with E-state index in [0.717, 1.165) is 34.7 Å². The van der Waals surface area contributed by atoms with Crippen molar-refractivity contribution in [1.29, 1.82) is 0 Å². The Morgan fingerprint density at radius 1 is 1.23 bits per heavy atom. The van der Waals surface area contributed by atoms with Crippen LogP contribution in [-0.2, 0) is 24.1 Å². The lowest BCUT2D eigenvalue weighted by molar-refractivity contribution is -0.129. The van der Waals surface area contributed by atoms with Crippen LogP contribution in [0.25, 0.3) is 0 Å². The van der Waals surface area contributed by atoms with Crippen molar-refractivity contribution in [2.75, 3.05) is 20.2 Å². The van der Waals surface area contributed by atoms with E-state index in [1.807, 2.05) is 36.4 Å². The molecule has 0 radical (unpaired) electrons. The van der Waals surface area contributed by atoms with Crippen LogP contribution in [-0.4, -0.2) is 41.7 Å². The number of nitrogens with zero attached hydrogens (tertiary/aromatic N) is 1. The third-order valence-corrected chi connectivity index (χ3v) is 5.01. The second kappa shape index (κ2) is 7.68. The van der Waals surface area contributed by atoms with Crippen molar-refractivity contribution in [3.8, 4) is 5.75 Å². The predicted molar refractivity (Wildman–Crippen MR) is 103 cm³/mol. The number of hydrogen-bond acceptors (Lipinski definition) is 3. The molecule has 1 aliphatic heterocycles. The van der Waals surface area contributed by atoms with Crippen LogP contribution in [0.15, 0.2) is 42.5 Å². The Labute approximate surface area is 159 Å². The molecule has 1 aliphatic rings. The number of rotatable bonds is 6. The molecule has 0 saturated heterocycles. The van der Waals surface area contributed by atoms with Crippen LogP contribution in [0.1, 0.15) is 23.6 Å². The molecular weight excluding hydrogens is 350 g/mol. The molecule has 5 heteroatoms. The number of fused-ring (bicyclic) bond motifs is 1. The van der Waals surface area contributed by atoms with Gasteiger partial charge in [-0.3, -0.25) is 4.79 Å². The van der Waals surface area contributed by atoms with Crippen LogP contribution in [0.5, 0.6) is 5.75 Å². The summed E-state index contributed by atoms with van der Waals surface area (Å²) in [6.07, 6.45) is 1.93. The smallest absolute Gasteiger partial charge is 0.226 e. The number of benzene rings is 2. The highest BCUT2D eigenvalue weighted by atomic mass is 35.5. The van der Waals surface area contributed by atoms with Gasteiger partial charge in [-0.05, 0) is 41.8 Å². The number of amides is 1. The number of aliphatic hydroxyl groups excluding tert-OH is 1. The lowest BCUT2D eigenvalue weighted by atomic mass is 9.91. The maximum Gasteiger partial charge on any atom is 0.226 e. The van der Waals surface area contributed by atoms with Crippen LogP contribution < -0.4 is 4.74 Å². The minimum absolute atomic E-state index is 0.00170. The lowest BCUT2D eigenvalue weighted by Crippen LogP contribution is -2.32. The Bertz CT molecular complexity index is 790. The zero-order chi connectivity index (χ0) is 18.7. The average molecular weight is 374 g/mol. The first-order valence-corrected chi connectivity index (χ1v) is 9.16. The molecule has 1 atom stereocenters. The summed E-state index contributed by atoms with van der Waals surface area (Å²) >= 11 is 5.96. The van der Waals surface area contributed by atoms with E-state index in [2.05, 4.69) is 13.0 Å². The summed E-state index contributed by atoms with van der Waals surface area (Å²) in [6.45, 7) is 2.44. The van der Waals surface area contributed by atoms with Crippen molar-refractivity contribution in [3.05, 3.63) is 64.2 Å². The Kier molecular flexibility index (Phi) is 5.54. The van der Waals surface area contributed by atoms with E-state index in [1.165, 1.54) is 5.56 Å². The molecule has 0 aliphatic carbocycles. The van der Waals surface area contributed by atoms with Gasteiger partial charge in [0, 0.05) is 31.5 Å². The highest BCUT2D eigenvalue weighted by Gasteiger charge is 2.35. The van der Waals surface area contributed by atoms with Crippen molar-refractivity contribution in [2.45, 2.75) is 31.8 Å². The first kappa shape index (κ1) is 18.7. The first-order chi connectivity index (χ1) is 12.4. The summed E-state index contributed by atoms with van der Waals surface area (Å²) in [5.41, 5.74) is 2.99. The van der Waals surface area contributed by atoms with Gasteiger partial charge >= 0.3 is 0 Å². The van der Waals surface area contributed by atoms with Gasteiger partial charge in [0.1, 0.15) is 11.4 Å². The van der Waals surface area contributed by atoms with Crippen LogP contribution in [0.4, 0.5) is 0 Å². The molecule has 0 bridgehead atoms. The molecule has 2 aromatic rings. The van der Waals surface area contributed by atoms with Gasteiger partial charge in [-0.15, -0.1) is 0 Å². The Morgan fingerprint density at radius 2 is 1.92 bits per heavy atom. The highest BCUT2D eigenvalue weighted by molar-refractivity contribution is 6.30. The topological polar surface area (TPSA) is 49.8 Å². The fourth-order valence-corrected chi connectivity index (χ4v) is 3.53. The zero-order valence-electron chi connectivity index (χ0n) is 15.2. The number of aliphatic hydroxyl groups is 1. The number of carbonyl (C=O) groups excluding carboxylic acids is 1. The summed E-state index contributed by atoms with van der Waals surface area (Å²) in [5, 5.41) is 9.69. The average Bonchev–Trinajstić information content (AvgIpc) is 2.92. The predicted octanol–water partition coefficient (Wildman–Crippen LogP) is 3.27. The van der Waals surface area contributed by atoms with Crippen LogP contribution in [0, 0.1) is 0 Å². The summed E-state index contributed by atoms with van der Waals surface area (Å²) in [6, 6.07) is 13.8. The molecule has 0 saturated carbocycles. The quantitative estimate of drug-likeness (QED) is 0.845. The molecule has 0 aromatic heterocycles. The van der Waals surface area contributed by atoms with Gasteiger partial charge in [0.05, 0.1) is 13.0 Å². The SMILES string of the molecule is CN(CCO)C(=O)Cc1ccc2c(c1)CC(C)(Cc1ccc(Cl)cc1)O2. The maximum absolute atomic E-state index is 12.2. The summed E-state index contributed by atoms with van der Waals surface area (Å²) < 4.78 is 6.21. The minimum atomic E-state index is -0.299. The fraction of sp³-hybridized carbons (Fsp3) is 0.381. The monoisotopic (exact) mass is 373 g/mol. The maximum atomic E-state index is 12.2. The third-order valence-electron chi connectivity index (χ3n) is 4.75. The van der Waals surface area contributed by atoms with Crippen molar-refractivity contribution in [1.82, 2.24) is 4.90 Å². The van der Waals surface area contributed by atoms with E-state index < -0.39 is 0 Å². The number of hydrogen-bond donors (Lipinski definition) is 1. The highest BCUT2D eigenvalue weighted by Crippen LogP contribution is 2.37. The fourth-order valence-electron chi connectivity index (χ4n) is 3.40. The normalized spacial score (nSPS) is 18.3. The van der Waals surface area contributed by atoms with Crippen LogP contribution in [0.2, 0.25) is 5.02 Å². The van der Waals surface area contributed by atoms with E-state index >= 15 is 0 Å². The number of halogens is 1. The molecular formula is C21H24ClNO3. The molecule has 4 nitrogen and oxygen atoms in total. The summed E-state index contributed by atoms with van der Waals surface area (Å²) in [4.78, 5) is 13.7. The molecule has 138 valence electrons. The molecule has 3 rings (SSSR count). The van der Waals surface area contributed by atoms with Gasteiger partial charge in [0.2, 0.25) is 5.91 Å².